The number of hydrogen-bond donors (Lipinski definition) is 0. The molecule has 0 unspecified atom stereocenters. The largest absolute Gasteiger partial charge is 0.282 e. The summed E-state index contributed by atoms with van der Waals surface area (Å²) in [4.78, 5) is 55.1. The number of amides is 3. The van der Waals surface area contributed by atoms with Crippen LogP contribution >= 0.6 is 11.3 Å². The van der Waals surface area contributed by atoms with Crippen LogP contribution in [0.4, 0.5) is 16.5 Å². The second-order valence-corrected chi connectivity index (χ2v) is 7.80. The van der Waals surface area contributed by atoms with Crippen LogP contribution in [0.1, 0.15) is 38.9 Å². The summed E-state index contributed by atoms with van der Waals surface area (Å²) in [6.07, 6.45) is 0. The van der Waals surface area contributed by atoms with Crippen molar-refractivity contribution in [1.82, 2.24) is 9.88 Å². The predicted octanol–water partition coefficient (Wildman–Crippen LogP) is 3.84. The molecular formula is C21H16N4O5S. The van der Waals surface area contributed by atoms with E-state index in [2.05, 4.69) is 4.98 Å². The van der Waals surface area contributed by atoms with E-state index in [1.807, 2.05) is 25.1 Å². The molecule has 4 rings (SSSR count). The highest BCUT2D eigenvalue weighted by atomic mass is 32.1. The van der Waals surface area contributed by atoms with E-state index >= 15 is 0 Å². The van der Waals surface area contributed by atoms with Gasteiger partial charge in [0.1, 0.15) is 5.56 Å². The summed E-state index contributed by atoms with van der Waals surface area (Å²) >= 11 is 1.20. The fourth-order valence-corrected chi connectivity index (χ4v) is 4.32. The molecule has 0 radical (unpaired) electrons. The van der Waals surface area contributed by atoms with Crippen molar-refractivity contribution in [1.29, 1.82) is 0 Å². The van der Waals surface area contributed by atoms with Crippen LogP contribution in [0.2, 0.25) is 0 Å². The molecule has 0 N–H and O–H groups in total. The Labute approximate surface area is 180 Å². The highest BCUT2D eigenvalue weighted by Crippen LogP contribution is 2.33. The number of anilines is 2. The Morgan fingerprint density at radius 3 is 2.61 bits per heavy atom. The van der Waals surface area contributed by atoms with Crippen LogP contribution < -0.4 is 4.90 Å². The number of hydrogen-bond acceptors (Lipinski definition) is 7. The fourth-order valence-electron chi connectivity index (χ4n) is 3.44. The molecule has 1 aliphatic rings. The Morgan fingerprint density at radius 2 is 1.94 bits per heavy atom. The van der Waals surface area contributed by atoms with E-state index in [4.69, 9.17) is 0 Å². The minimum Gasteiger partial charge on any atom is -0.274 e. The molecule has 2 heterocycles. The molecule has 0 bridgehead atoms. The first kappa shape index (κ1) is 20.4. The average molecular weight is 436 g/mol. The topological polar surface area (TPSA) is 114 Å². The molecule has 3 aromatic rings. The molecule has 0 saturated carbocycles. The number of carbonyl (C=O) groups is 3. The van der Waals surface area contributed by atoms with Crippen molar-refractivity contribution in [2.75, 3.05) is 4.90 Å². The molecule has 9 nitrogen and oxygen atoms in total. The van der Waals surface area contributed by atoms with Crippen LogP contribution in [0, 0.1) is 17.0 Å². The number of thiazole rings is 1. The zero-order chi connectivity index (χ0) is 22.3. The highest BCUT2D eigenvalue weighted by molar-refractivity contribution is 7.14. The van der Waals surface area contributed by atoms with E-state index in [-0.39, 0.29) is 23.6 Å². The van der Waals surface area contributed by atoms with Crippen LogP contribution in [0.25, 0.3) is 0 Å². The van der Waals surface area contributed by atoms with Crippen LogP contribution in [-0.2, 0) is 11.3 Å². The number of carbonyl (C=O) groups excluding carboxylic acids is 3. The highest BCUT2D eigenvalue weighted by Gasteiger charge is 2.41. The van der Waals surface area contributed by atoms with Gasteiger partial charge in [-0.2, -0.15) is 0 Å². The number of rotatable bonds is 5. The molecule has 1 aliphatic heterocycles. The third-order valence-corrected chi connectivity index (χ3v) is 5.67. The summed E-state index contributed by atoms with van der Waals surface area (Å²) in [6, 6.07) is 11.4. The van der Waals surface area contributed by atoms with Crippen molar-refractivity contribution in [2.45, 2.75) is 20.4 Å². The molecule has 1 aromatic heterocycles. The van der Waals surface area contributed by atoms with Gasteiger partial charge in [0.2, 0.25) is 5.91 Å². The van der Waals surface area contributed by atoms with Crippen molar-refractivity contribution in [3.63, 3.8) is 0 Å². The van der Waals surface area contributed by atoms with E-state index in [0.29, 0.717) is 16.5 Å². The maximum atomic E-state index is 12.8. The van der Waals surface area contributed by atoms with Gasteiger partial charge in [-0.05, 0) is 30.7 Å². The number of aromatic nitrogens is 1. The fraction of sp³-hybridized carbons (Fsp3) is 0.143. The van der Waals surface area contributed by atoms with Gasteiger partial charge in [-0.15, -0.1) is 11.3 Å². The Balaban J connectivity index is 1.63. The van der Waals surface area contributed by atoms with E-state index in [0.717, 1.165) is 10.5 Å². The number of fused-ring (bicyclic) bond motifs is 1. The maximum absolute atomic E-state index is 12.8. The van der Waals surface area contributed by atoms with Crippen LogP contribution in [0.3, 0.4) is 0 Å². The van der Waals surface area contributed by atoms with Gasteiger partial charge in [0, 0.05) is 18.4 Å². The summed E-state index contributed by atoms with van der Waals surface area (Å²) < 4.78 is 0. The van der Waals surface area contributed by atoms with Crippen molar-refractivity contribution >= 4 is 45.6 Å². The van der Waals surface area contributed by atoms with Gasteiger partial charge in [-0.25, -0.2) is 4.98 Å². The Bertz CT molecular complexity index is 1250. The first-order valence-electron chi connectivity index (χ1n) is 9.23. The SMILES string of the molecule is CC(=O)N(c1cccc(C)c1)c1nc(CN2C(=O)c3cccc([N+](=O)[O-])c3C2=O)cs1. The van der Waals surface area contributed by atoms with Crippen molar-refractivity contribution < 1.29 is 19.3 Å². The average Bonchev–Trinajstić information content (AvgIpc) is 3.27. The monoisotopic (exact) mass is 436 g/mol. The van der Waals surface area contributed by atoms with Crippen molar-refractivity contribution in [3.05, 3.63) is 80.3 Å². The van der Waals surface area contributed by atoms with Gasteiger partial charge >= 0.3 is 0 Å². The maximum Gasteiger partial charge on any atom is 0.282 e. The lowest BCUT2D eigenvalue weighted by molar-refractivity contribution is -0.385. The van der Waals surface area contributed by atoms with Gasteiger partial charge in [0.15, 0.2) is 5.13 Å². The Hall–Kier alpha value is -3.92. The van der Waals surface area contributed by atoms with Gasteiger partial charge in [0.05, 0.1) is 28.4 Å². The molecular weight excluding hydrogens is 420 g/mol. The Kier molecular flexibility index (Phi) is 5.07. The molecule has 0 spiro atoms. The lowest BCUT2D eigenvalue weighted by Gasteiger charge is -2.18. The molecule has 0 saturated heterocycles. The summed E-state index contributed by atoms with van der Waals surface area (Å²) in [5, 5.41) is 13.3. The van der Waals surface area contributed by atoms with Gasteiger partial charge in [-0.3, -0.25) is 34.3 Å². The number of nitro groups is 1. The molecule has 0 fully saturated rings. The summed E-state index contributed by atoms with van der Waals surface area (Å²) in [7, 11) is 0. The summed E-state index contributed by atoms with van der Waals surface area (Å²) in [5.74, 6) is -1.58. The lowest BCUT2D eigenvalue weighted by Crippen LogP contribution is -2.29. The van der Waals surface area contributed by atoms with Crippen LogP contribution in [-0.4, -0.2) is 32.5 Å². The third kappa shape index (κ3) is 3.57. The normalized spacial score (nSPS) is 12.8. The van der Waals surface area contributed by atoms with Crippen LogP contribution in [0.5, 0.6) is 0 Å². The minimum atomic E-state index is -0.732. The summed E-state index contributed by atoms with van der Waals surface area (Å²) in [6.45, 7) is 3.18. The van der Waals surface area contributed by atoms with Crippen LogP contribution in [0.15, 0.2) is 47.8 Å². The van der Waals surface area contributed by atoms with E-state index in [1.54, 1.807) is 11.4 Å². The predicted molar refractivity (Wildman–Crippen MR) is 113 cm³/mol. The van der Waals surface area contributed by atoms with Crippen molar-refractivity contribution in [2.24, 2.45) is 0 Å². The molecule has 0 aliphatic carbocycles. The molecule has 31 heavy (non-hydrogen) atoms. The third-order valence-electron chi connectivity index (χ3n) is 4.80. The number of nitro benzene ring substituents is 1. The molecule has 2 aromatic carbocycles. The molecule has 10 heteroatoms. The second kappa shape index (κ2) is 7.73. The number of imide groups is 1. The molecule has 156 valence electrons. The first-order valence-corrected chi connectivity index (χ1v) is 10.1. The standard InChI is InChI=1S/C21H16N4O5S/c1-12-5-3-6-15(9-12)24(13(2)26)21-22-14(11-31-21)10-23-19(27)16-7-4-8-17(25(29)30)18(16)20(23)28/h3-9,11H,10H2,1-2H3. The van der Waals surface area contributed by atoms with Gasteiger partial charge in [-0.1, -0.05) is 18.2 Å². The first-order chi connectivity index (χ1) is 14.8. The number of nitrogens with zero attached hydrogens (tertiary/aromatic N) is 4. The van der Waals surface area contributed by atoms with Crippen molar-refractivity contribution in [3.8, 4) is 0 Å². The summed E-state index contributed by atoms with van der Waals surface area (Å²) in [5.41, 5.74) is 1.42. The molecule has 0 atom stereocenters. The van der Waals surface area contributed by atoms with Gasteiger partial charge in [0.25, 0.3) is 17.5 Å². The van der Waals surface area contributed by atoms with E-state index in [1.165, 1.54) is 41.4 Å². The zero-order valence-corrected chi connectivity index (χ0v) is 17.4. The van der Waals surface area contributed by atoms with E-state index in [9.17, 15) is 24.5 Å². The smallest absolute Gasteiger partial charge is 0.274 e. The Morgan fingerprint density at radius 1 is 1.19 bits per heavy atom. The minimum absolute atomic E-state index is 0.000207. The zero-order valence-electron chi connectivity index (χ0n) is 16.6. The van der Waals surface area contributed by atoms with E-state index < -0.39 is 22.4 Å². The quantitative estimate of drug-likeness (QED) is 0.341. The number of aryl methyl sites for hydroxylation is 1. The van der Waals surface area contributed by atoms with Gasteiger partial charge < -0.3 is 0 Å². The second-order valence-electron chi connectivity index (χ2n) is 6.97. The molecule has 3 amide bonds. The lowest BCUT2D eigenvalue weighted by atomic mass is 10.1. The number of benzene rings is 2.